The van der Waals surface area contributed by atoms with Crippen molar-refractivity contribution in [3.63, 3.8) is 0 Å². The Labute approximate surface area is 178 Å². The maximum atomic E-state index is 13.9. The fourth-order valence-corrected chi connectivity index (χ4v) is 6.13. The smallest absolute Gasteiger partial charge is 0.302 e. The maximum Gasteiger partial charge on any atom is 0.302 e. The van der Waals surface area contributed by atoms with Crippen LogP contribution in [0.1, 0.15) is 36.1 Å². The van der Waals surface area contributed by atoms with Gasteiger partial charge in [0.25, 0.3) is 0 Å². The van der Waals surface area contributed by atoms with Gasteiger partial charge in [-0.2, -0.15) is 0 Å². The van der Waals surface area contributed by atoms with Crippen LogP contribution in [0.3, 0.4) is 0 Å². The maximum absolute atomic E-state index is 13.9. The molecular formula is C23H28O6S. The van der Waals surface area contributed by atoms with Gasteiger partial charge in [0.1, 0.15) is 17.1 Å². The summed E-state index contributed by atoms with van der Waals surface area (Å²) in [6, 6.07) is 13.6. The Bertz CT molecular complexity index is 964. The summed E-state index contributed by atoms with van der Waals surface area (Å²) in [4.78, 5) is 12.2. The molecule has 2 atom stereocenters. The zero-order valence-electron chi connectivity index (χ0n) is 17.5. The monoisotopic (exact) mass is 432 g/mol. The third kappa shape index (κ3) is 4.68. The molecule has 1 aliphatic rings. The number of methoxy groups -OCH3 is 1. The van der Waals surface area contributed by atoms with Crippen LogP contribution in [0.5, 0.6) is 5.75 Å². The van der Waals surface area contributed by atoms with E-state index in [4.69, 9.17) is 14.2 Å². The van der Waals surface area contributed by atoms with Crippen molar-refractivity contribution in [1.82, 2.24) is 0 Å². The fraction of sp³-hybridized carbons (Fsp3) is 0.435. The third-order valence-corrected chi connectivity index (χ3v) is 7.71. The van der Waals surface area contributed by atoms with Crippen molar-refractivity contribution < 1.29 is 27.4 Å². The van der Waals surface area contributed by atoms with Crippen LogP contribution >= 0.6 is 0 Å². The number of hydrogen-bond donors (Lipinski definition) is 0. The van der Waals surface area contributed by atoms with E-state index in [-0.39, 0.29) is 10.8 Å². The highest BCUT2D eigenvalue weighted by molar-refractivity contribution is 7.91. The van der Waals surface area contributed by atoms with Gasteiger partial charge < -0.3 is 14.2 Å². The van der Waals surface area contributed by atoms with E-state index in [0.717, 1.165) is 0 Å². The van der Waals surface area contributed by atoms with Gasteiger partial charge in [-0.05, 0) is 49.1 Å². The topological polar surface area (TPSA) is 78.9 Å². The van der Waals surface area contributed by atoms with Crippen molar-refractivity contribution in [1.29, 1.82) is 0 Å². The standard InChI is InChI=1S/C23H28O6S/c1-16-20(10-7-11-21(16)27-3)23(30(25,26)19-8-5-4-6-9-19)22(29-17(2)24)18-12-14-28-15-13-18/h4-11,18,22-23H,12-15H2,1-3H3. The zero-order chi connectivity index (χ0) is 21.7. The van der Waals surface area contributed by atoms with Crippen LogP contribution in [0.25, 0.3) is 0 Å². The largest absolute Gasteiger partial charge is 0.496 e. The second kappa shape index (κ2) is 9.62. The first-order valence-corrected chi connectivity index (χ1v) is 11.6. The van der Waals surface area contributed by atoms with Crippen LogP contribution in [0.2, 0.25) is 0 Å². The average Bonchev–Trinajstić information content (AvgIpc) is 2.75. The Balaban J connectivity index is 2.21. The summed E-state index contributed by atoms with van der Waals surface area (Å²) in [6.45, 7) is 4.17. The molecule has 0 amide bonds. The summed E-state index contributed by atoms with van der Waals surface area (Å²) >= 11 is 0. The van der Waals surface area contributed by atoms with Crippen LogP contribution in [0.15, 0.2) is 53.4 Å². The molecule has 3 rings (SSSR count). The molecule has 0 bridgehead atoms. The molecule has 1 fully saturated rings. The fourth-order valence-electron chi connectivity index (χ4n) is 4.08. The quantitative estimate of drug-likeness (QED) is 0.618. The van der Waals surface area contributed by atoms with Crippen LogP contribution in [-0.2, 0) is 24.1 Å². The minimum atomic E-state index is -3.87. The lowest BCUT2D eigenvalue weighted by Crippen LogP contribution is -2.39. The van der Waals surface area contributed by atoms with Crippen LogP contribution in [0.4, 0.5) is 0 Å². The molecule has 1 saturated heterocycles. The second-order valence-electron chi connectivity index (χ2n) is 7.48. The number of carbonyl (C=O) groups is 1. The lowest BCUT2D eigenvalue weighted by molar-refractivity contribution is -0.151. The van der Waals surface area contributed by atoms with Gasteiger partial charge in [0.15, 0.2) is 9.84 Å². The molecule has 0 N–H and O–H groups in total. The molecule has 1 heterocycles. The predicted molar refractivity (Wildman–Crippen MR) is 113 cm³/mol. The first-order valence-electron chi connectivity index (χ1n) is 10.0. The lowest BCUT2D eigenvalue weighted by atomic mass is 9.88. The van der Waals surface area contributed by atoms with E-state index in [1.807, 2.05) is 6.92 Å². The number of sulfone groups is 1. The van der Waals surface area contributed by atoms with Crippen molar-refractivity contribution in [2.24, 2.45) is 5.92 Å². The molecule has 2 aromatic rings. The molecule has 2 unspecified atom stereocenters. The Morgan fingerprint density at radius 2 is 1.73 bits per heavy atom. The van der Waals surface area contributed by atoms with Gasteiger partial charge in [-0.25, -0.2) is 8.42 Å². The SMILES string of the molecule is COc1cccc(C(C(OC(C)=O)C2CCOCC2)S(=O)(=O)c2ccccc2)c1C. The minimum absolute atomic E-state index is 0.128. The Morgan fingerprint density at radius 3 is 2.33 bits per heavy atom. The van der Waals surface area contributed by atoms with Crippen molar-refractivity contribution in [3.8, 4) is 5.75 Å². The summed E-state index contributed by atoms with van der Waals surface area (Å²) in [7, 11) is -2.32. The number of esters is 1. The van der Waals surface area contributed by atoms with E-state index in [1.54, 1.807) is 55.6 Å². The normalized spacial score (nSPS) is 17.2. The van der Waals surface area contributed by atoms with Gasteiger partial charge in [-0.3, -0.25) is 4.79 Å². The van der Waals surface area contributed by atoms with E-state index in [1.165, 1.54) is 6.92 Å². The van der Waals surface area contributed by atoms with Gasteiger partial charge in [0, 0.05) is 26.1 Å². The van der Waals surface area contributed by atoms with Crippen molar-refractivity contribution in [3.05, 3.63) is 59.7 Å². The summed E-state index contributed by atoms with van der Waals surface area (Å²) in [5.41, 5.74) is 1.30. The first-order chi connectivity index (χ1) is 14.4. The number of rotatable bonds is 7. The zero-order valence-corrected chi connectivity index (χ0v) is 18.4. The van der Waals surface area contributed by atoms with Gasteiger partial charge in [0.05, 0.1) is 12.0 Å². The highest BCUT2D eigenvalue weighted by atomic mass is 32.2. The van der Waals surface area contributed by atoms with Crippen LogP contribution in [0, 0.1) is 12.8 Å². The van der Waals surface area contributed by atoms with Crippen molar-refractivity contribution in [2.75, 3.05) is 20.3 Å². The van der Waals surface area contributed by atoms with E-state index < -0.39 is 27.2 Å². The molecule has 1 aliphatic heterocycles. The van der Waals surface area contributed by atoms with E-state index in [9.17, 15) is 13.2 Å². The molecule has 0 spiro atoms. The van der Waals surface area contributed by atoms with Crippen molar-refractivity contribution >= 4 is 15.8 Å². The van der Waals surface area contributed by atoms with E-state index in [0.29, 0.717) is 42.9 Å². The Hall–Kier alpha value is -2.38. The number of hydrogen-bond acceptors (Lipinski definition) is 6. The van der Waals surface area contributed by atoms with Crippen LogP contribution < -0.4 is 4.74 Å². The number of ether oxygens (including phenoxy) is 3. The van der Waals surface area contributed by atoms with E-state index >= 15 is 0 Å². The highest BCUT2D eigenvalue weighted by Gasteiger charge is 2.43. The Morgan fingerprint density at radius 1 is 1.07 bits per heavy atom. The second-order valence-corrected chi connectivity index (χ2v) is 9.55. The molecular weight excluding hydrogens is 404 g/mol. The van der Waals surface area contributed by atoms with Gasteiger partial charge >= 0.3 is 5.97 Å². The average molecular weight is 433 g/mol. The van der Waals surface area contributed by atoms with Crippen molar-refractivity contribution in [2.45, 2.75) is 42.9 Å². The summed E-state index contributed by atoms with van der Waals surface area (Å²) in [6.07, 6.45) is 0.422. The predicted octanol–water partition coefficient (Wildman–Crippen LogP) is 3.88. The molecule has 0 saturated carbocycles. The molecule has 7 heteroatoms. The molecule has 0 aromatic heterocycles. The summed E-state index contributed by atoms with van der Waals surface area (Å²) in [5.74, 6) is -0.0358. The van der Waals surface area contributed by atoms with Crippen LogP contribution in [-0.4, -0.2) is 40.8 Å². The van der Waals surface area contributed by atoms with Gasteiger partial charge in [-0.15, -0.1) is 0 Å². The first kappa shape index (κ1) is 22.3. The molecule has 162 valence electrons. The summed E-state index contributed by atoms with van der Waals surface area (Å²) in [5, 5.41) is -1.05. The van der Waals surface area contributed by atoms with Gasteiger partial charge in [-0.1, -0.05) is 30.3 Å². The van der Waals surface area contributed by atoms with Gasteiger partial charge in [0.2, 0.25) is 0 Å². The lowest BCUT2D eigenvalue weighted by Gasteiger charge is -2.35. The van der Waals surface area contributed by atoms with E-state index in [2.05, 4.69) is 0 Å². The number of carbonyl (C=O) groups excluding carboxylic acids is 1. The third-order valence-electron chi connectivity index (χ3n) is 5.59. The molecule has 6 nitrogen and oxygen atoms in total. The molecule has 2 aromatic carbocycles. The molecule has 0 radical (unpaired) electrons. The molecule has 0 aliphatic carbocycles. The minimum Gasteiger partial charge on any atom is -0.496 e. The Kier molecular flexibility index (Phi) is 7.15. The summed E-state index contributed by atoms with van der Waals surface area (Å²) < 4.78 is 44.4. The number of benzene rings is 2. The highest BCUT2D eigenvalue weighted by Crippen LogP contribution is 2.42. The molecule has 30 heavy (non-hydrogen) atoms.